The van der Waals surface area contributed by atoms with Gasteiger partial charge in [0.15, 0.2) is 5.96 Å². The minimum Gasteiger partial charge on any atom is -0.373 e. The molecule has 1 aromatic carbocycles. The number of nitrogens with one attached hydrogen (secondary N) is 3. The molecule has 7 nitrogen and oxygen atoms in total. The quantitative estimate of drug-likeness (QED) is 0.462. The summed E-state index contributed by atoms with van der Waals surface area (Å²) in [6.45, 7) is 3.23. The van der Waals surface area contributed by atoms with Gasteiger partial charge >= 0.3 is 0 Å². The molecule has 0 aromatic heterocycles. The van der Waals surface area contributed by atoms with Gasteiger partial charge in [-0.15, -0.1) is 0 Å². The molecule has 2 aliphatic heterocycles. The number of sulfonamides is 1. The Morgan fingerprint density at radius 3 is 2.73 bits per heavy atom. The number of rotatable bonds is 8. The smallest absolute Gasteiger partial charge is 0.213 e. The van der Waals surface area contributed by atoms with E-state index in [4.69, 9.17) is 4.74 Å². The molecule has 0 aliphatic carbocycles. The van der Waals surface area contributed by atoms with Gasteiger partial charge < -0.3 is 15.4 Å². The van der Waals surface area contributed by atoms with Gasteiger partial charge in [-0.2, -0.15) is 0 Å². The number of nitrogens with zero attached hydrogens (tertiary/aromatic N) is 1. The van der Waals surface area contributed by atoms with Gasteiger partial charge in [-0.1, -0.05) is 30.3 Å². The van der Waals surface area contributed by atoms with Crippen molar-refractivity contribution in [1.82, 2.24) is 15.4 Å². The van der Waals surface area contributed by atoms with Crippen LogP contribution in [-0.2, 0) is 21.3 Å². The van der Waals surface area contributed by atoms with Crippen LogP contribution in [-0.4, -0.2) is 51.5 Å². The standard InChI is InChI=1S/C18H28N4O3S/c1-2-19-18(22-16-12-15-8-9-17(16)25-15)20-10-11-26(23,24)21-13-14-6-4-3-5-7-14/h3-7,15-17,21H,2,8-13H2,1H3,(H2,19,20,22). The summed E-state index contributed by atoms with van der Waals surface area (Å²) in [5.41, 5.74) is 0.936. The highest BCUT2D eigenvalue weighted by Gasteiger charge is 2.41. The van der Waals surface area contributed by atoms with Crippen LogP contribution in [0.1, 0.15) is 31.7 Å². The van der Waals surface area contributed by atoms with Crippen LogP contribution in [0.25, 0.3) is 0 Å². The fraction of sp³-hybridized carbons (Fsp3) is 0.611. The fourth-order valence-corrected chi connectivity index (χ4v) is 4.29. The second-order valence-electron chi connectivity index (χ2n) is 6.75. The molecule has 8 heteroatoms. The van der Waals surface area contributed by atoms with E-state index in [0.717, 1.165) is 31.4 Å². The van der Waals surface area contributed by atoms with Crippen molar-refractivity contribution in [2.24, 2.45) is 4.99 Å². The Morgan fingerprint density at radius 1 is 1.27 bits per heavy atom. The Kier molecular flexibility index (Phi) is 6.50. The van der Waals surface area contributed by atoms with E-state index < -0.39 is 10.0 Å². The van der Waals surface area contributed by atoms with E-state index in [1.807, 2.05) is 37.3 Å². The Hall–Kier alpha value is -1.64. The van der Waals surface area contributed by atoms with Gasteiger partial charge in [0.05, 0.1) is 30.5 Å². The maximum absolute atomic E-state index is 12.2. The van der Waals surface area contributed by atoms with Crippen molar-refractivity contribution in [3.05, 3.63) is 35.9 Å². The van der Waals surface area contributed by atoms with Gasteiger partial charge in [0, 0.05) is 13.1 Å². The molecule has 2 aliphatic rings. The molecule has 0 amide bonds. The fourth-order valence-electron chi connectivity index (χ4n) is 3.42. The molecule has 2 heterocycles. The zero-order chi connectivity index (χ0) is 18.4. The van der Waals surface area contributed by atoms with E-state index >= 15 is 0 Å². The molecule has 2 saturated heterocycles. The van der Waals surface area contributed by atoms with Crippen LogP contribution in [0, 0.1) is 0 Å². The lowest BCUT2D eigenvalue weighted by molar-refractivity contribution is 0.0992. The van der Waals surface area contributed by atoms with E-state index in [-0.39, 0.29) is 24.4 Å². The van der Waals surface area contributed by atoms with Gasteiger partial charge in [0.1, 0.15) is 0 Å². The minimum atomic E-state index is -3.36. The Morgan fingerprint density at radius 2 is 2.08 bits per heavy atom. The summed E-state index contributed by atoms with van der Waals surface area (Å²) in [6, 6.07) is 9.74. The van der Waals surface area contributed by atoms with Crippen molar-refractivity contribution in [2.45, 2.75) is 51.0 Å². The maximum Gasteiger partial charge on any atom is 0.213 e. The summed E-state index contributed by atoms with van der Waals surface area (Å²) in [7, 11) is -3.36. The molecule has 0 spiro atoms. The Bertz CT molecular complexity index is 708. The van der Waals surface area contributed by atoms with Crippen LogP contribution in [0.2, 0.25) is 0 Å². The third-order valence-corrected chi connectivity index (χ3v) is 6.05. The zero-order valence-electron chi connectivity index (χ0n) is 15.1. The monoisotopic (exact) mass is 380 g/mol. The molecular weight excluding hydrogens is 352 g/mol. The predicted octanol–water partition coefficient (Wildman–Crippen LogP) is 0.981. The number of hydrogen-bond donors (Lipinski definition) is 3. The van der Waals surface area contributed by atoms with Gasteiger partial charge in [-0.3, -0.25) is 4.99 Å². The average Bonchev–Trinajstić information content (AvgIpc) is 3.24. The highest BCUT2D eigenvalue weighted by atomic mass is 32.2. The van der Waals surface area contributed by atoms with Gasteiger partial charge in [-0.05, 0) is 31.7 Å². The van der Waals surface area contributed by atoms with Crippen molar-refractivity contribution >= 4 is 16.0 Å². The van der Waals surface area contributed by atoms with Crippen LogP contribution in [0.4, 0.5) is 0 Å². The summed E-state index contributed by atoms with van der Waals surface area (Å²) < 4.78 is 32.8. The van der Waals surface area contributed by atoms with Crippen molar-refractivity contribution in [3.8, 4) is 0 Å². The van der Waals surface area contributed by atoms with E-state index in [1.54, 1.807) is 0 Å². The van der Waals surface area contributed by atoms with E-state index in [2.05, 4.69) is 20.3 Å². The van der Waals surface area contributed by atoms with Crippen molar-refractivity contribution < 1.29 is 13.2 Å². The highest BCUT2D eigenvalue weighted by Crippen LogP contribution is 2.34. The molecule has 3 rings (SSSR count). The molecule has 3 N–H and O–H groups in total. The summed E-state index contributed by atoms with van der Waals surface area (Å²) >= 11 is 0. The first-order valence-corrected chi connectivity index (χ1v) is 10.9. The van der Waals surface area contributed by atoms with E-state index in [1.165, 1.54) is 0 Å². The van der Waals surface area contributed by atoms with E-state index in [0.29, 0.717) is 18.6 Å². The molecular formula is C18H28N4O3S. The molecule has 0 saturated carbocycles. The second-order valence-corrected chi connectivity index (χ2v) is 8.67. The van der Waals surface area contributed by atoms with Gasteiger partial charge in [0.2, 0.25) is 10.0 Å². The molecule has 1 aromatic rings. The summed E-state index contributed by atoms with van der Waals surface area (Å²) in [4.78, 5) is 4.42. The maximum atomic E-state index is 12.2. The summed E-state index contributed by atoms with van der Waals surface area (Å²) in [6.07, 6.45) is 3.83. The molecule has 3 atom stereocenters. The topological polar surface area (TPSA) is 91.8 Å². The van der Waals surface area contributed by atoms with Crippen LogP contribution < -0.4 is 15.4 Å². The predicted molar refractivity (Wildman–Crippen MR) is 102 cm³/mol. The third kappa shape index (κ3) is 5.43. The number of fused-ring (bicyclic) bond motifs is 2. The minimum absolute atomic E-state index is 0.0381. The molecule has 2 bridgehead atoms. The molecule has 144 valence electrons. The molecule has 2 fully saturated rings. The first-order chi connectivity index (χ1) is 12.6. The Labute approximate surface area is 155 Å². The lowest BCUT2D eigenvalue weighted by Crippen LogP contribution is -2.47. The molecule has 3 unspecified atom stereocenters. The third-order valence-electron chi connectivity index (χ3n) is 4.74. The van der Waals surface area contributed by atoms with Crippen LogP contribution in [0.3, 0.4) is 0 Å². The number of guanidine groups is 1. The zero-order valence-corrected chi connectivity index (χ0v) is 16.0. The SMILES string of the molecule is CCNC(=NCCS(=O)(=O)NCc1ccccc1)NC1CC2CCC1O2. The first kappa shape index (κ1) is 19.1. The molecule has 0 radical (unpaired) electrons. The van der Waals surface area contributed by atoms with Crippen LogP contribution in [0.5, 0.6) is 0 Å². The highest BCUT2D eigenvalue weighted by molar-refractivity contribution is 7.89. The normalized spacial score (nSPS) is 25.4. The number of hydrogen-bond acceptors (Lipinski definition) is 4. The largest absolute Gasteiger partial charge is 0.373 e. The second kappa shape index (κ2) is 8.83. The molecule has 26 heavy (non-hydrogen) atoms. The van der Waals surface area contributed by atoms with Crippen LogP contribution in [0.15, 0.2) is 35.3 Å². The number of benzene rings is 1. The average molecular weight is 381 g/mol. The summed E-state index contributed by atoms with van der Waals surface area (Å²) in [5, 5.41) is 6.57. The first-order valence-electron chi connectivity index (χ1n) is 9.27. The van der Waals surface area contributed by atoms with Crippen molar-refractivity contribution in [1.29, 1.82) is 0 Å². The number of ether oxygens (including phenoxy) is 1. The van der Waals surface area contributed by atoms with Gasteiger partial charge in [-0.25, -0.2) is 13.1 Å². The number of aliphatic imine (C=N–C) groups is 1. The van der Waals surface area contributed by atoms with E-state index in [9.17, 15) is 8.42 Å². The lowest BCUT2D eigenvalue weighted by atomic mass is 9.96. The van der Waals surface area contributed by atoms with Gasteiger partial charge in [0.25, 0.3) is 0 Å². The summed E-state index contributed by atoms with van der Waals surface area (Å²) in [5.74, 6) is 0.621. The lowest BCUT2D eigenvalue weighted by Gasteiger charge is -2.22. The Balaban J connectivity index is 1.47. The van der Waals surface area contributed by atoms with Crippen molar-refractivity contribution in [3.63, 3.8) is 0 Å². The van der Waals surface area contributed by atoms with Crippen LogP contribution >= 0.6 is 0 Å². The van der Waals surface area contributed by atoms with Crippen molar-refractivity contribution in [2.75, 3.05) is 18.8 Å².